The average Bonchev–Trinajstić information content (AvgIpc) is 2.91. The zero-order valence-corrected chi connectivity index (χ0v) is 26.0. The summed E-state index contributed by atoms with van der Waals surface area (Å²) < 4.78 is 18.1. The maximum atomic E-state index is 13.7. The number of hydrogen-bond donors (Lipinski definition) is 0. The number of halogens is 2. The Morgan fingerprint density at radius 1 is 1.15 bits per heavy atom. The lowest BCUT2D eigenvalue weighted by atomic mass is 9.96. The fourth-order valence-corrected chi connectivity index (χ4v) is 5.31. The van der Waals surface area contributed by atoms with Crippen LogP contribution in [0.15, 0.2) is 62.9 Å². The van der Waals surface area contributed by atoms with Gasteiger partial charge in [0.2, 0.25) is 0 Å². The molecule has 0 bridgehead atoms. The first-order valence-electron chi connectivity index (χ1n) is 13.1. The fourth-order valence-electron chi connectivity index (χ4n) is 4.32. The number of esters is 1. The minimum absolute atomic E-state index is 0.181. The van der Waals surface area contributed by atoms with Crippen LogP contribution in [0, 0.1) is 6.92 Å². The second kappa shape index (κ2) is 12.9. The van der Waals surface area contributed by atoms with Crippen LogP contribution in [-0.2, 0) is 9.53 Å². The van der Waals surface area contributed by atoms with Crippen molar-refractivity contribution in [2.75, 3.05) is 13.7 Å². The van der Waals surface area contributed by atoms with E-state index < -0.39 is 5.97 Å². The van der Waals surface area contributed by atoms with E-state index in [9.17, 15) is 9.59 Å². The van der Waals surface area contributed by atoms with Gasteiger partial charge in [-0.1, -0.05) is 37.6 Å². The van der Waals surface area contributed by atoms with Gasteiger partial charge in [0.25, 0.3) is 5.56 Å². The highest BCUT2D eigenvalue weighted by Crippen LogP contribution is 2.35. The highest BCUT2D eigenvalue weighted by molar-refractivity contribution is 9.10. The Labute approximate surface area is 252 Å². The Bertz CT molecular complexity index is 1670. The maximum absolute atomic E-state index is 13.7. The molecule has 4 rings (SSSR count). The van der Waals surface area contributed by atoms with Crippen molar-refractivity contribution in [3.63, 3.8) is 0 Å². The van der Waals surface area contributed by atoms with E-state index in [2.05, 4.69) is 34.9 Å². The van der Waals surface area contributed by atoms with Crippen LogP contribution in [-0.4, -0.2) is 41.7 Å². The largest absolute Gasteiger partial charge is 0.496 e. The van der Waals surface area contributed by atoms with Crippen molar-refractivity contribution in [1.29, 1.82) is 0 Å². The van der Waals surface area contributed by atoms with Gasteiger partial charge >= 0.3 is 5.97 Å². The molecule has 41 heavy (non-hydrogen) atoms. The number of nitrogens with zero attached hydrogens (tertiary/aromatic N) is 3. The van der Waals surface area contributed by atoms with Gasteiger partial charge in [0.15, 0.2) is 18.2 Å². The van der Waals surface area contributed by atoms with Gasteiger partial charge in [-0.2, -0.15) is 9.78 Å². The molecule has 0 amide bonds. The Morgan fingerprint density at radius 3 is 2.54 bits per heavy atom. The van der Waals surface area contributed by atoms with Crippen molar-refractivity contribution in [3.05, 3.63) is 85.1 Å². The predicted molar refractivity (Wildman–Crippen MR) is 166 cm³/mol. The minimum Gasteiger partial charge on any atom is -0.496 e. The number of fused-ring (bicyclic) bond motifs is 1. The molecule has 0 N–H and O–H groups in total. The summed E-state index contributed by atoms with van der Waals surface area (Å²) in [5.74, 6) is 1.16. The van der Waals surface area contributed by atoms with E-state index >= 15 is 0 Å². The molecule has 0 radical (unpaired) electrons. The van der Waals surface area contributed by atoms with Crippen LogP contribution in [0.2, 0.25) is 5.02 Å². The smallest absolute Gasteiger partial charge is 0.344 e. The lowest BCUT2D eigenvalue weighted by molar-refractivity contribution is -0.149. The molecule has 0 spiro atoms. The molecule has 1 aromatic heterocycles. The second-order valence-electron chi connectivity index (χ2n) is 10.0. The van der Waals surface area contributed by atoms with Crippen LogP contribution in [0.3, 0.4) is 0 Å². The fraction of sp³-hybridized carbons (Fsp3) is 0.290. The number of para-hydroxylation sites is 1. The maximum Gasteiger partial charge on any atom is 0.344 e. The van der Waals surface area contributed by atoms with Gasteiger partial charge in [0.1, 0.15) is 5.75 Å². The van der Waals surface area contributed by atoms with Crippen molar-refractivity contribution in [2.24, 2.45) is 5.10 Å². The third-order valence-electron chi connectivity index (χ3n) is 6.24. The summed E-state index contributed by atoms with van der Waals surface area (Å²) in [4.78, 5) is 30.4. The molecule has 3 aromatic carbocycles. The van der Waals surface area contributed by atoms with E-state index in [1.165, 1.54) is 10.9 Å². The van der Waals surface area contributed by atoms with E-state index in [0.29, 0.717) is 32.5 Å². The summed E-state index contributed by atoms with van der Waals surface area (Å²) in [6.07, 6.45) is 1.27. The molecule has 8 nitrogen and oxygen atoms in total. The van der Waals surface area contributed by atoms with E-state index in [1.807, 2.05) is 31.2 Å². The summed E-state index contributed by atoms with van der Waals surface area (Å²) >= 11 is 9.93. The first-order valence-corrected chi connectivity index (χ1v) is 14.2. The number of aromatic nitrogens is 2. The van der Waals surface area contributed by atoms with Crippen LogP contribution in [0.4, 0.5) is 0 Å². The Balaban J connectivity index is 1.79. The summed E-state index contributed by atoms with van der Waals surface area (Å²) in [5, 5.41) is 5.27. The zero-order valence-electron chi connectivity index (χ0n) is 23.7. The Kier molecular flexibility index (Phi) is 9.50. The first-order chi connectivity index (χ1) is 19.5. The molecule has 0 aliphatic rings. The van der Waals surface area contributed by atoms with E-state index in [-0.39, 0.29) is 29.2 Å². The molecular weight excluding hydrogens is 610 g/mol. The summed E-state index contributed by atoms with van der Waals surface area (Å²) in [7, 11) is 1.64. The number of carbonyl (C=O) groups excluding carboxylic acids is 1. The number of methoxy groups -OCH3 is 1. The van der Waals surface area contributed by atoms with Gasteiger partial charge in [0.05, 0.1) is 39.8 Å². The first kappa shape index (κ1) is 30.3. The molecular formula is C31H31BrClN3O5. The summed E-state index contributed by atoms with van der Waals surface area (Å²) in [6.45, 7) is 9.34. The highest BCUT2D eigenvalue weighted by atomic mass is 79.9. The van der Waals surface area contributed by atoms with Crippen LogP contribution in [0.1, 0.15) is 50.3 Å². The lowest BCUT2D eigenvalue weighted by Crippen LogP contribution is -2.21. The number of ether oxygens (including phenoxy) is 3. The van der Waals surface area contributed by atoms with Gasteiger partial charge in [-0.15, -0.1) is 0 Å². The molecule has 4 aromatic rings. The standard InChI is InChI=1S/C31H31BrClN3O5/c1-17(2)22-14-23(19(5)11-27(22)39-6)30-35-26-10-8-7-9-21(26)31(38)36(30)34-15-20-12-24(32)29(25(33)13-20)40-16-28(37)41-18(3)4/h7-15,17-18H,16H2,1-6H3. The van der Waals surface area contributed by atoms with Crippen LogP contribution >= 0.6 is 27.5 Å². The molecule has 214 valence electrons. The zero-order chi connectivity index (χ0) is 29.8. The summed E-state index contributed by atoms with van der Waals surface area (Å²) in [5.41, 5.74) is 3.51. The second-order valence-corrected chi connectivity index (χ2v) is 11.3. The molecule has 0 aliphatic heterocycles. The number of rotatable bonds is 9. The van der Waals surface area contributed by atoms with Crippen molar-refractivity contribution < 1.29 is 19.0 Å². The topological polar surface area (TPSA) is 92.0 Å². The van der Waals surface area contributed by atoms with Gasteiger partial charge in [-0.3, -0.25) is 4.79 Å². The van der Waals surface area contributed by atoms with Crippen molar-refractivity contribution in [1.82, 2.24) is 9.66 Å². The molecule has 0 aliphatic carbocycles. The molecule has 0 fully saturated rings. The highest BCUT2D eigenvalue weighted by Gasteiger charge is 2.19. The van der Waals surface area contributed by atoms with Crippen molar-refractivity contribution in [3.8, 4) is 22.9 Å². The van der Waals surface area contributed by atoms with Gasteiger partial charge in [-0.05, 0) is 95.7 Å². The molecule has 0 unspecified atom stereocenters. The summed E-state index contributed by atoms with van der Waals surface area (Å²) in [6, 6.07) is 14.5. The van der Waals surface area contributed by atoms with Crippen LogP contribution < -0.4 is 15.0 Å². The average molecular weight is 641 g/mol. The molecule has 0 saturated heterocycles. The molecule has 0 atom stereocenters. The van der Waals surface area contributed by atoms with E-state index in [4.69, 9.17) is 30.8 Å². The van der Waals surface area contributed by atoms with Gasteiger partial charge in [0, 0.05) is 5.56 Å². The molecule has 1 heterocycles. The number of aryl methyl sites for hydroxylation is 1. The third-order valence-corrected chi connectivity index (χ3v) is 7.11. The van der Waals surface area contributed by atoms with Gasteiger partial charge in [-0.25, -0.2) is 9.78 Å². The van der Waals surface area contributed by atoms with Crippen molar-refractivity contribution in [2.45, 2.75) is 46.6 Å². The number of hydrogen-bond acceptors (Lipinski definition) is 7. The van der Waals surface area contributed by atoms with Crippen molar-refractivity contribution >= 4 is 50.6 Å². The normalized spacial score (nSPS) is 11.6. The molecule has 0 saturated carbocycles. The van der Waals surface area contributed by atoms with Gasteiger partial charge < -0.3 is 14.2 Å². The van der Waals surface area contributed by atoms with Crippen LogP contribution in [0.25, 0.3) is 22.3 Å². The Morgan fingerprint density at radius 2 is 1.88 bits per heavy atom. The monoisotopic (exact) mass is 639 g/mol. The van der Waals surface area contributed by atoms with E-state index in [0.717, 1.165) is 22.4 Å². The molecule has 10 heteroatoms. The Hall–Kier alpha value is -3.69. The number of carbonyl (C=O) groups is 1. The van der Waals surface area contributed by atoms with Crippen LogP contribution in [0.5, 0.6) is 11.5 Å². The SMILES string of the molecule is COc1cc(C)c(-c2nc3ccccc3c(=O)n2N=Cc2cc(Cl)c(OCC(=O)OC(C)C)c(Br)c2)cc1C(C)C. The third kappa shape index (κ3) is 6.80. The van der Waals surface area contributed by atoms with E-state index in [1.54, 1.807) is 45.2 Å². The predicted octanol–water partition coefficient (Wildman–Crippen LogP) is 7.13. The quantitative estimate of drug-likeness (QED) is 0.143. The number of benzene rings is 3. The lowest BCUT2D eigenvalue weighted by Gasteiger charge is -2.17. The minimum atomic E-state index is -0.501.